The lowest BCUT2D eigenvalue weighted by Crippen LogP contribution is -2.37. The third-order valence-corrected chi connectivity index (χ3v) is 2.27. The molecule has 1 rings (SSSR count). The van der Waals surface area contributed by atoms with Crippen molar-refractivity contribution < 1.29 is 9.84 Å². The van der Waals surface area contributed by atoms with E-state index in [0.29, 0.717) is 6.61 Å². The molecule has 1 aliphatic heterocycles. The maximum absolute atomic E-state index is 9.35. The molecule has 0 saturated carbocycles. The first kappa shape index (κ1) is 10.9. The Balaban J connectivity index is 2.00. The normalized spacial score (nSPS) is 29.1. The van der Waals surface area contributed by atoms with Gasteiger partial charge in [0.25, 0.3) is 0 Å². The molecule has 0 bridgehead atoms. The molecule has 4 nitrogen and oxygen atoms in total. The van der Waals surface area contributed by atoms with Gasteiger partial charge in [-0.25, -0.2) is 0 Å². The largest absolute Gasteiger partial charge is 0.393 e. The summed E-state index contributed by atoms with van der Waals surface area (Å²) in [4.78, 5) is 0. The summed E-state index contributed by atoms with van der Waals surface area (Å²) in [7, 11) is 0. The SMILES string of the molecule is NCCCNCC1CC(O)CCO1. The van der Waals surface area contributed by atoms with Gasteiger partial charge in [0.15, 0.2) is 0 Å². The molecule has 2 unspecified atom stereocenters. The maximum Gasteiger partial charge on any atom is 0.0724 e. The van der Waals surface area contributed by atoms with Crippen LogP contribution in [0.15, 0.2) is 0 Å². The predicted molar refractivity (Wildman–Crippen MR) is 51.5 cm³/mol. The average molecular weight is 188 g/mol. The molecule has 4 heteroatoms. The zero-order chi connectivity index (χ0) is 9.52. The molecule has 0 aromatic heterocycles. The third kappa shape index (κ3) is 4.57. The monoisotopic (exact) mass is 188 g/mol. The molecular formula is C9H20N2O2. The molecule has 0 radical (unpaired) electrons. The summed E-state index contributed by atoms with van der Waals surface area (Å²) in [6, 6.07) is 0. The lowest BCUT2D eigenvalue weighted by Gasteiger charge is -2.26. The number of hydrogen-bond donors (Lipinski definition) is 3. The molecule has 4 N–H and O–H groups in total. The number of rotatable bonds is 5. The highest BCUT2D eigenvalue weighted by Gasteiger charge is 2.19. The van der Waals surface area contributed by atoms with E-state index in [2.05, 4.69) is 5.32 Å². The van der Waals surface area contributed by atoms with Crippen LogP contribution in [0.5, 0.6) is 0 Å². The average Bonchev–Trinajstić information content (AvgIpc) is 2.13. The molecule has 1 aliphatic rings. The van der Waals surface area contributed by atoms with Crippen LogP contribution in [0.4, 0.5) is 0 Å². The lowest BCUT2D eigenvalue weighted by atomic mass is 10.1. The van der Waals surface area contributed by atoms with Crippen molar-refractivity contribution >= 4 is 0 Å². The van der Waals surface area contributed by atoms with Crippen LogP contribution >= 0.6 is 0 Å². The van der Waals surface area contributed by atoms with E-state index < -0.39 is 0 Å². The first-order valence-corrected chi connectivity index (χ1v) is 5.03. The maximum atomic E-state index is 9.35. The van der Waals surface area contributed by atoms with Gasteiger partial charge in [-0.2, -0.15) is 0 Å². The van der Waals surface area contributed by atoms with E-state index in [9.17, 15) is 5.11 Å². The molecule has 0 aromatic rings. The van der Waals surface area contributed by atoms with E-state index in [4.69, 9.17) is 10.5 Å². The first-order chi connectivity index (χ1) is 6.33. The van der Waals surface area contributed by atoms with Crippen molar-refractivity contribution in [1.29, 1.82) is 0 Å². The Bertz CT molecular complexity index is 133. The van der Waals surface area contributed by atoms with Gasteiger partial charge >= 0.3 is 0 Å². The standard InChI is InChI=1S/C9H20N2O2/c10-3-1-4-11-7-9-6-8(12)2-5-13-9/h8-9,11-12H,1-7,10H2. The van der Waals surface area contributed by atoms with Gasteiger partial charge in [-0.1, -0.05) is 0 Å². The summed E-state index contributed by atoms with van der Waals surface area (Å²) < 4.78 is 5.47. The molecule has 0 aromatic carbocycles. The Morgan fingerprint density at radius 1 is 1.54 bits per heavy atom. The Labute approximate surface area is 79.5 Å². The third-order valence-electron chi connectivity index (χ3n) is 2.27. The van der Waals surface area contributed by atoms with Gasteiger partial charge in [-0.15, -0.1) is 0 Å². The topological polar surface area (TPSA) is 67.5 Å². The van der Waals surface area contributed by atoms with Crippen molar-refractivity contribution in [2.75, 3.05) is 26.2 Å². The van der Waals surface area contributed by atoms with Crippen molar-refractivity contribution in [3.8, 4) is 0 Å². The molecule has 2 atom stereocenters. The second-order valence-electron chi connectivity index (χ2n) is 3.52. The zero-order valence-electron chi connectivity index (χ0n) is 8.04. The van der Waals surface area contributed by atoms with Crippen LogP contribution in [0.2, 0.25) is 0 Å². The summed E-state index contributed by atoms with van der Waals surface area (Å²) in [6.07, 6.45) is 2.54. The quantitative estimate of drug-likeness (QED) is 0.507. The second-order valence-corrected chi connectivity index (χ2v) is 3.52. The van der Waals surface area contributed by atoms with E-state index in [1.807, 2.05) is 0 Å². The van der Waals surface area contributed by atoms with Gasteiger partial charge in [0.1, 0.15) is 0 Å². The smallest absolute Gasteiger partial charge is 0.0724 e. The van der Waals surface area contributed by atoms with Crippen molar-refractivity contribution in [1.82, 2.24) is 5.32 Å². The molecule has 1 heterocycles. The van der Waals surface area contributed by atoms with Crippen molar-refractivity contribution in [2.24, 2.45) is 5.73 Å². The minimum atomic E-state index is -0.171. The molecule has 13 heavy (non-hydrogen) atoms. The van der Waals surface area contributed by atoms with E-state index in [1.54, 1.807) is 0 Å². The number of nitrogens with one attached hydrogen (secondary N) is 1. The van der Waals surface area contributed by atoms with Crippen LogP contribution in [0.25, 0.3) is 0 Å². The summed E-state index contributed by atoms with van der Waals surface area (Å²) in [5.41, 5.74) is 5.36. The summed E-state index contributed by atoms with van der Waals surface area (Å²) in [5.74, 6) is 0. The highest BCUT2D eigenvalue weighted by Crippen LogP contribution is 2.12. The summed E-state index contributed by atoms with van der Waals surface area (Å²) in [6.45, 7) is 3.18. The van der Waals surface area contributed by atoms with Gasteiger partial charge < -0.3 is 20.9 Å². The molecule has 1 saturated heterocycles. The van der Waals surface area contributed by atoms with Crippen molar-refractivity contribution in [3.63, 3.8) is 0 Å². The van der Waals surface area contributed by atoms with Crippen LogP contribution in [-0.2, 0) is 4.74 Å². The van der Waals surface area contributed by atoms with Crippen LogP contribution in [0.3, 0.4) is 0 Å². The van der Waals surface area contributed by atoms with E-state index in [1.165, 1.54) is 0 Å². The van der Waals surface area contributed by atoms with Crippen LogP contribution in [0.1, 0.15) is 19.3 Å². The zero-order valence-corrected chi connectivity index (χ0v) is 8.04. The number of aliphatic hydroxyl groups is 1. The summed E-state index contributed by atoms with van der Waals surface area (Å²) >= 11 is 0. The Morgan fingerprint density at radius 3 is 3.08 bits per heavy atom. The Morgan fingerprint density at radius 2 is 2.38 bits per heavy atom. The van der Waals surface area contributed by atoms with Crippen LogP contribution < -0.4 is 11.1 Å². The fourth-order valence-electron chi connectivity index (χ4n) is 1.49. The minimum absolute atomic E-state index is 0.171. The molecule has 78 valence electrons. The van der Waals surface area contributed by atoms with Gasteiger partial charge in [0.05, 0.1) is 12.2 Å². The fourth-order valence-corrected chi connectivity index (χ4v) is 1.49. The van der Waals surface area contributed by atoms with E-state index in [-0.39, 0.29) is 12.2 Å². The van der Waals surface area contributed by atoms with Crippen LogP contribution in [-0.4, -0.2) is 43.6 Å². The Hall–Kier alpha value is -0.160. The predicted octanol–water partition coefficient (Wildman–Crippen LogP) is -0.535. The number of hydrogen-bond acceptors (Lipinski definition) is 4. The van der Waals surface area contributed by atoms with E-state index in [0.717, 1.165) is 38.9 Å². The molecular weight excluding hydrogens is 168 g/mol. The fraction of sp³-hybridized carbons (Fsp3) is 1.00. The van der Waals surface area contributed by atoms with Gasteiger partial charge in [-0.3, -0.25) is 0 Å². The molecule has 1 fully saturated rings. The summed E-state index contributed by atoms with van der Waals surface area (Å²) in [5, 5.41) is 12.6. The van der Waals surface area contributed by atoms with Gasteiger partial charge in [-0.05, 0) is 25.9 Å². The van der Waals surface area contributed by atoms with Gasteiger partial charge in [0.2, 0.25) is 0 Å². The van der Waals surface area contributed by atoms with Crippen molar-refractivity contribution in [2.45, 2.75) is 31.5 Å². The van der Waals surface area contributed by atoms with Crippen LogP contribution in [0, 0.1) is 0 Å². The minimum Gasteiger partial charge on any atom is -0.393 e. The molecule has 0 amide bonds. The molecule has 0 aliphatic carbocycles. The van der Waals surface area contributed by atoms with Gasteiger partial charge in [0, 0.05) is 19.6 Å². The Kier molecular flexibility index (Phi) is 5.31. The lowest BCUT2D eigenvalue weighted by molar-refractivity contribution is -0.0416. The first-order valence-electron chi connectivity index (χ1n) is 5.03. The highest BCUT2D eigenvalue weighted by atomic mass is 16.5. The highest BCUT2D eigenvalue weighted by molar-refractivity contribution is 4.72. The number of nitrogens with two attached hydrogens (primary N) is 1. The number of aliphatic hydroxyl groups excluding tert-OH is 1. The second kappa shape index (κ2) is 6.32. The van der Waals surface area contributed by atoms with E-state index >= 15 is 0 Å². The van der Waals surface area contributed by atoms with Crippen molar-refractivity contribution in [3.05, 3.63) is 0 Å². The molecule has 0 spiro atoms. The number of ether oxygens (including phenoxy) is 1.